The van der Waals surface area contributed by atoms with E-state index in [0.717, 1.165) is 0 Å². The van der Waals surface area contributed by atoms with Crippen molar-refractivity contribution in [3.8, 4) is 5.75 Å². The van der Waals surface area contributed by atoms with Crippen molar-refractivity contribution in [2.75, 3.05) is 17.8 Å². The first-order valence-electron chi connectivity index (χ1n) is 5.48. The zero-order chi connectivity index (χ0) is 13.1. The molecule has 0 aliphatic heterocycles. The molecule has 6 heteroatoms. The molecule has 1 aromatic rings. The molecule has 0 atom stereocenters. The molecule has 0 spiro atoms. The number of phenolic OH excluding ortho intramolecular Hbond substituents is 1. The summed E-state index contributed by atoms with van der Waals surface area (Å²) in [5, 5.41) is 9.74. The lowest BCUT2D eigenvalue weighted by Gasteiger charge is -2.20. The van der Waals surface area contributed by atoms with Crippen molar-refractivity contribution < 1.29 is 13.5 Å². The molecule has 1 rings (SSSR count). The predicted octanol–water partition coefficient (Wildman–Crippen LogP) is 1.70. The average Bonchev–Trinajstić information content (AvgIpc) is 2.26. The fourth-order valence-corrected chi connectivity index (χ4v) is 2.76. The molecule has 0 amide bonds. The number of anilines is 1. The highest BCUT2D eigenvalue weighted by Crippen LogP contribution is 2.27. The van der Waals surface area contributed by atoms with Gasteiger partial charge in [0.15, 0.2) is 0 Å². The molecule has 0 radical (unpaired) electrons. The fourth-order valence-electron chi connectivity index (χ4n) is 1.51. The first kappa shape index (κ1) is 13.8. The topological polar surface area (TPSA) is 69.6 Å². The SMILES string of the molecule is CCN(CC)S(=O)(=O)Nc1cccc(C)c1O. The van der Waals surface area contributed by atoms with Crippen LogP contribution in [0.15, 0.2) is 18.2 Å². The van der Waals surface area contributed by atoms with E-state index in [2.05, 4.69) is 4.72 Å². The van der Waals surface area contributed by atoms with Gasteiger partial charge in [-0.1, -0.05) is 26.0 Å². The van der Waals surface area contributed by atoms with Crippen LogP contribution in [0.2, 0.25) is 0 Å². The minimum absolute atomic E-state index is 0.0387. The summed E-state index contributed by atoms with van der Waals surface area (Å²) in [6.07, 6.45) is 0. The van der Waals surface area contributed by atoms with Crippen LogP contribution in [0.4, 0.5) is 5.69 Å². The van der Waals surface area contributed by atoms with Gasteiger partial charge in [-0.15, -0.1) is 0 Å². The third kappa shape index (κ3) is 3.10. The maximum Gasteiger partial charge on any atom is 0.301 e. The van der Waals surface area contributed by atoms with Gasteiger partial charge >= 0.3 is 10.2 Å². The molecule has 0 unspecified atom stereocenters. The Balaban J connectivity index is 3.02. The highest BCUT2D eigenvalue weighted by atomic mass is 32.2. The largest absolute Gasteiger partial charge is 0.505 e. The van der Waals surface area contributed by atoms with Gasteiger partial charge < -0.3 is 5.11 Å². The van der Waals surface area contributed by atoms with Gasteiger partial charge in [0, 0.05) is 13.1 Å². The standard InChI is InChI=1S/C11H18N2O3S/c1-4-13(5-2)17(15,16)12-10-8-6-7-9(3)11(10)14/h6-8,12,14H,4-5H2,1-3H3. The fraction of sp³-hybridized carbons (Fsp3) is 0.455. The molecule has 2 N–H and O–H groups in total. The lowest BCUT2D eigenvalue weighted by Crippen LogP contribution is -2.35. The van der Waals surface area contributed by atoms with Crippen LogP contribution in [0, 0.1) is 6.92 Å². The Bertz CT molecular complexity index is 481. The van der Waals surface area contributed by atoms with E-state index in [1.165, 1.54) is 10.4 Å². The van der Waals surface area contributed by atoms with Crippen molar-refractivity contribution in [1.82, 2.24) is 4.31 Å². The Hall–Kier alpha value is -1.27. The van der Waals surface area contributed by atoms with Crippen LogP contribution in [0.25, 0.3) is 0 Å². The van der Waals surface area contributed by atoms with E-state index in [1.54, 1.807) is 32.9 Å². The Kier molecular flexibility index (Phi) is 4.36. The zero-order valence-electron chi connectivity index (χ0n) is 10.3. The molecule has 1 aromatic carbocycles. The van der Waals surface area contributed by atoms with Crippen molar-refractivity contribution in [2.24, 2.45) is 0 Å². The van der Waals surface area contributed by atoms with Gasteiger partial charge in [-0.3, -0.25) is 4.72 Å². The van der Waals surface area contributed by atoms with Gasteiger partial charge in [0.05, 0.1) is 5.69 Å². The summed E-state index contributed by atoms with van der Waals surface area (Å²) in [6, 6.07) is 4.93. The molecule has 0 saturated carbocycles. The van der Waals surface area contributed by atoms with Crippen molar-refractivity contribution in [3.05, 3.63) is 23.8 Å². The number of benzene rings is 1. The van der Waals surface area contributed by atoms with E-state index in [0.29, 0.717) is 18.7 Å². The van der Waals surface area contributed by atoms with Gasteiger partial charge in [0.2, 0.25) is 0 Å². The van der Waals surface area contributed by atoms with Crippen LogP contribution < -0.4 is 4.72 Å². The highest BCUT2D eigenvalue weighted by molar-refractivity contribution is 7.90. The Labute approximate surface area is 102 Å². The van der Waals surface area contributed by atoms with Crippen LogP contribution in [-0.2, 0) is 10.2 Å². The summed E-state index contributed by atoms with van der Waals surface area (Å²) in [5.74, 6) is -0.0387. The normalized spacial score (nSPS) is 11.8. The molecule has 0 fully saturated rings. The maximum atomic E-state index is 11.9. The summed E-state index contributed by atoms with van der Waals surface area (Å²) >= 11 is 0. The van der Waals surface area contributed by atoms with E-state index in [1.807, 2.05) is 0 Å². The predicted molar refractivity (Wildman–Crippen MR) is 68.3 cm³/mol. The summed E-state index contributed by atoms with van der Waals surface area (Å²) in [4.78, 5) is 0. The second kappa shape index (κ2) is 5.37. The lowest BCUT2D eigenvalue weighted by atomic mass is 10.2. The number of hydrogen-bond donors (Lipinski definition) is 2. The van der Waals surface area contributed by atoms with E-state index >= 15 is 0 Å². The minimum atomic E-state index is -3.59. The smallest absolute Gasteiger partial charge is 0.301 e. The van der Waals surface area contributed by atoms with Gasteiger partial charge in [0.1, 0.15) is 5.75 Å². The molecule has 96 valence electrons. The van der Waals surface area contributed by atoms with Crippen molar-refractivity contribution in [3.63, 3.8) is 0 Å². The molecule has 0 aromatic heterocycles. The second-order valence-corrected chi connectivity index (χ2v) is 5.33. The summed E-state index contributed by atoms with van der Waals surface area (Å²) < 4.78 is 27.5. The maximum absolute atomic E-state index is 11.9. The van der Waals surface area contributed by atoms with Gasteiger partial charge in [-0.25, -0.2) is 0 Å². The summed E-state index contributed by atoms with van der Waals surface area (Å²) in [7, 11) is -3.59. The van der Waals surface area contributed by atoms with Crippen molar-refractivity contribution >= 4 is 15.9 Å². The monoisotopic (exact) mass is 258 g/mol. The van der Waals surface area contributed by atoms with Crippen LogP contribution in [0.3, 0.4) is 0 Å². The van der Waals surface area contributed by atoms with Gasteiger partial charge in [0.25, 0.3) is 0 Å². The Morgan fingerprint density at radius 1 is 1.29 bits per heavy atom. The van der Waals surface area contributed by atoms with Crippen molar-refractivity contribution in [1.29, 1.82) is 0 Å². The first-order chi connectivity index (χ1) is 7.92. The number of hydrogen-bond acceptors (Lipinski definition) is 3. The first-order valence-corrected chi connectivity index (χ1v) is 6.92. The Morgan fingerprint density at radius 3 is 2.41 bits per heavy atom. The second-order valence-electron chi connectivity index (χ2n) is 3.66. The number of nitrogens with one attached hydrogen (secondary N) is 1. The molecular formula is C11H18N2O3S. The molecule has 0 saturated heterocycles. The van der Waals surface area contributed by atoms with Crippen LogP contribution in [0.5, 0.6) is 5.75 Å². The number of aryl methyl sites for hydroxylation is 1. The summed E-state index contributed by atoms with van der Waals surface area (Å²) in [5.41, 5.74) is 0.835. The number of para-hydroxylation sites is 1. The van der Waals surface area contributed by atoms with E-state index in [-0.39, 0.29) is 11.4 Å². The highest BCUT2D eigenvalue weighted by Gasteiger charge is 2.19. The van der Waals surface area contributed by atoms with E-state index in [4.69, 9.17) is 0 Å². The molecule has 0 bridgehead atoms. The van der Waals surface area contributed by atoms with Gasteiger partial charge in [-0.05, 0) is 18.6 Å². The summed E-state index contributed by atoms with van der Waals surface area (Å²) in [6.45, 7) is 6.01. The lowest BCUT2D eigenvalue weighted by molar-refractivity contribution is 0.448. The molecule has 0 heterocycles. The zero-order valence-corrected chi connectivity index (χ0v) is 11.1. The number of phenols is 1. The Morgan fingerprint density at radius 2 is 1.88 bits per heavy atom. The number of rotatable bonds is 5. The van der Waals surface area contributed by atoms with E-state index < -0.39 is 10.2 Å². The molecule has 0 aliphatic carbocycles. The molecular weight excluding hydrogens is 240 g/mol. The van der Waals surface area contributed by atoms with Gasteiger partial charge in [-0.2, -0.15) is 12.7 Å². The van der Waals surface area contributed by atoms with E-state index in [9.17, 15) is 13.5 Å². The third-order valence-corrected chi connectivity index (χ3v) is 4.20. The van der Waals surface area contributed by atoms with Crippen LogP contribution in [0.1, 0.15) is 19.4 Å². The molecule has 0 aliphatic rings. The quantitative estimate of drug-likeness (QED) is 0.790. The average molecular weight is 258 g/mol. The minimum Gasteiger partial charge on any atom is -0.505 e. The number of nitrogens with zero attached hydrogens (tertiary/aromatic N) is 1. The number of aromatic hydroxyl groups is 1. The van der Waals surface area contributed by atoms with Crippen molar-refractivity contribution in [2.45, 2.75) is 20.8 Å². The molecule has 5 nitrogen and oxygen atoms in total. The third-order valence-electron chi connectivity index (χ3n) is 2.52. The van der Waals surface area contributed by atoms with Crippen LogP contribution >= 0.6 is 0 Å². The molecule has 17 heavy (non-hydrogen) atoms. The van der Waals surface area contributed by atoms with Crippen LogP contribution in [-0.4, -0.2) is 30.9 Å².